The van der Waals surface area contributed by atoms with Gasteiger partial charge in [0.2, 0.25) is 0 Å². The molecular formula is C13H19NO3. The van der Waals surface area contributed by atoms with Crippen LogP contribution in [0.5, 0.6) is 0 Å². The molecule has 17 heavy (non-hydrogen) atoms. The quantitative estimate of drug-likeness (QED) is 0.727. The number of hydrogen-bond donors (Lipinski definition) is 3. The topological polar surface area (TPSA) is 69.6 Å². The van der Waals surface area contributed by atoms with Crippen molar-refractivity contribution in [2.75, 3.05) is 0 Å². The van der Waals surface area contributed by atoms with E-state index >= 15 is 0 Å². The Morgan fingerprint density at radius 2 is 1.82 bits per heavy atom. The van der Waals surface area contributed by atoms with E-state index < -0.39 is 17.6 Å². The van der Waals surface area contributed by atoms with Crippen molar-refractivity contribution < 1.29 is 15.0 Å². The molecule has 0 fully saturated rings. The van der Waals surface area contributed by atoms with Crippen LogP contribution >= 0.6 is 0 Å². The first-order valence-corrected chi connectivity index (χ1v) is 5.58. The lowest BCUT2D eigenvalue weighted by molar-refractivity contribution is -0.140. The van der Waals surface area contributed by atoms with Gasteiger partial charge in [-0.3, -0.25) is 10.1 Å². The second-order valence-corrected chi connectivity index (χ2v) is 4.72. The zero-order valence-corrected chi connectivity index (χ0v) is 10.3. The largest absolute Gasteiger partial charge is 0.480 e. The number of benzene rings is 1. The van der Waals surface area contributed by atoms with Crippen LogP contribution in [-0.4, -0.2) is 27.8 Å². The molecule has 1 aromatic rings. The lowest BCUT2D eigenvalue weighted by Gasteiger charge is -2.29. The molecule has 1 rings (SSSR count). The Morgan fingerprint density at radius 1 is 1.29 bits per heavy atom. The molecular weight excluding hydrogens is 218 g/mol. The van der Waals surface area contributed by atoms with Crippen molar-refractivity contribution in [1.29, 1.82) is 0 Å². The Bertz CT molecular complexity index is 370. The zero-order chi connectivity index (χ0) is 13.1. The molecule has 0 aliphatic rings. The van der Waals surface area contributed by atoms with Crippen LogP contribution in [-0.2, 0) is 4.79 Å². The summed E-state index contributed by atoms with van der Waals surface area (Å²) in [6.45, 7) is 5.06. The molecule has 0 amide bonds. The van der Waals surface area contributed by atoms with Crippen LogP contribution in [0.25, 0.3) is 0 Å². The summed E-state index contributed by atoms with van der Waals surface area (Å²) in [6.07, 6.45) is 0. The number of hydrogen-bond acceptors (Lipinski definition) is 3. The van der Waals surface area contributed by atoms with Crippen molar-refractivity contribution in [3.63, 3.8) is 0 Å². The summed E-state index contributed by atoms with van der Waals surface area (Å²) in [5, 5.41) is 21.9. The van der Waals surface area contributed by atoms with Crippen molar-refractivity contribution in [2.24, 2.45) is 0 Å². The molecule has 0 radical (unpaired) electrons. The smallest absolute Gasteiger partial charge is 0.325 e. The van der Waals surface area contributed by atoms with Gasteiger partial charge in [-0.15, -0.1) is 0 Å². The van der Waals surface area contributed by atoms with Crippen LogP contribution in [0.1, 0.15) is 32.4 Å². The van der Waals surface area contributed by atoms with Crippen molar-refractivity contribution in [3.05, 3.63) is 35.9 Å². The highest BCUT2D eigenvalue weighted by atomic mass is 16.4. The Morgan fingerprint density at radius 3 is 2.24 bits per heavy atom. The maximum absolute atomic E-state index is 11.2. The molecule has 0 aromatic heterocycles. The minimum Gasteiger partial charge on any atom is -0.480 e. The number of aliphatic carboxylic acids is 1. The highest BCUT2D eigenvalue weighted by Gasteiger charge is 2.28. The number of rotatable bonds is 5. The third-order valence-corrected chi connectivity index (χ3v) is 2.86. The highest BCUT2D eigenvalue weighted by molar-refractivity contribution is 5.75. The SMILES string of the molecule is CC(NC(C(=O)O)c1ccccc1)C(C)(C)O. The Hall–Kier alpha value is -1.39. The van der Waals surface area contributed by atoms with Crippen molar-refractivity contribution in [3.8, 4) is 0 Å². The zero-order valence-electron chi connectivity index (χ0n) is 10.3. The molecule has 1 aromatic carbocycles. The van der Waals surface area contributed by atoms with Crippen LogP contribution in [0.4, 0.5) is 0 Å². The predicted molar refractivity (Wildman–Crippen MR) is 65.7 cm³/mol. The Balaban J connectivity index is 2.86. The summed E-state index contributed by atoms with van der Waals surface area (Å²) >= 11 is 0. The minimum atomic E-state index is -0.970. The fraction of sp³-hybridized carbons (Fsp3) is 0.462. The number of carboxylic acids is 1. The average molecular weight is 237 g/mol. The van der Waals surface area contributed by atoms with E-state index in [0.717, 1.165) is 0 Å². The fourth-order valence-electron chi connectivity index (χ4n) is 1.41. The molecule has 2 atom stereocenters. The van der Waals surface area contributed by atoms with Gasteiger partial charge in [-0.2, -0.15) is 0 Å². The number of nitrogens with one attached hydrogen (secondary N) is 1. The van der Waals surface area contributed by atoms with Gasteiger partial charge in [-0.05, 0) is 26.3 Å². The third-order valence-electron chi connectivity index (χ3n) is 2.86. The van der Waals surface area contributed by atoms with Gasteiger partial charge in [-0.1, -0.05) is 30.3 Å². The summed E-state index contributed by atoms with van der Waals surface area (Å²) in [6, 6.07) is 7.79. The maximum atomic E-state index is 11.2. The van der Waals surface area contributed by atoms with Crippen LogP contribution in [0, 0.1) is 0 Å². The van der Waals surface area contributed by atoms with Gasteiger partial charge >= 0.3 is 5.97 Å². The van der Waals surface area contributed by atoms with Gasteiger partial charge in [0.15, 0.2) is 0 Å². The molecule has 94 valence electrons. The lowest BCUT2D eigenvalue weighted by Crippen LogP contribution is -2.47. The average Bonchev–Trinajstić information content (AvgIpc) is 2.25. The maximum Gasteiger partial charge on any atom is 0.325 e. The molecule has 3 N–H and O–H groups in total. The summed E-state index contributed by atoms with van der Waals surface area (Å²) < 4.78 is 0. The van der Waals surface area contributed by atoms with Gasteiger partial charge in [0, 0.05) is 6.04 Å². The van der Waals surface area contributed by atoms with E-state index in [9.17, 15) is 15.0 Å². The van der Waals surface area contributed by atoms with E-state index in [2.05, 4.69) is 5.32 Å². The van der Waals surface area contributed by atoms with Crippen molar-refractivity contribution >= 4 is 5.97 Å². The van der Waals surface area contributed by atoms with Crippen molar-refractivity contribution in [1.82, 2.24) is 5.32 Å². The molecule has 0 bridgehead atoms. The predicted octanol–water partition coefficient (Wildman–Crippen LogP) is 1.56. The molecule has 0 aliphatic heterocycles. The van der Waals surface area contributed by atoms with Gasteiger partial charge in [-0.25, -0.2) is 0 Å². The van der Waals surface area contributed by atoms with Crippen LogP contribution < -0.4 is 5.32 Å². The molecule has 0 heterocycles. The molecule has 0 saturated heterocycles. The fourth-order valence-corrected chi connectivity index (χ4v) is 1.41. The first kappa shape index (κ1) is 13.7. The Labute approximate surface area is 101 Å². The van der Waals surface area contributed by atoms with Crippen LogP contribution in [0.2, 0.25) is 0 Å². The van der Waals surface area contributed by atoms with E-state index in [1.54, 1.807) is 45.0 Å². The summed E-state index contributed by atoms with van der Waals surface area (Å²) in [5.74, 6) is -0.952. The first-order valence-electron chi connectivity index (χ1n) is 5.58. The van der Waals surface area contributed by atoms with Gasteiger partial charge < -0.3 is 10.2 Å². The normalized spacial score (nSPS) is 15.3. The van der Waals surface area contributed by atoms with E-state index in [1.807, 2.05) is 6.07 Å². The van der Waals surface area contributed by atoms with E-state index in [-0.39, 0.29) is 6.04 Å². The van der Waals surface area contributed by atoms with Crippen LogP contribution in [0.15, 0.2) is 30.3 Å². The second-order valence-electron chi connectivity index (χ2n) is 4.72. The van der Waals surface area contributed by atoms with E-state index in [1.165, 1.54) is 0 Å². The Kier molecular flexibility index (Phi) is 4.26. The third kappa shape index (κ3) is 3.84. The molecule has 0 spiro atoms. The number of carbonyl (C=O) groups is 1. The van der Waals surface area contributed by atoms with Crippen LogP contribution in [0.3, 0.4) is 0 Å². The monoisotopic (exact) mass is 237 g/mol. The van der Waals surface area contributed by atoms with Crippen molar-refractivity contribution in [2.45, 2.75) is 38.5 Å². The lowest BCUT2D eigenvalue weighted by atomic mass is 9.98. The van der Waals surface area contributed by atoms with Gasteiger partial charge in [0.25, 0.3) is 0 Å². The summed E-state index contributed by atoms with van der Waals surface area (Å²) in [5.41, 5.74) is -0.293. The molecule has 0 saturated carbocycles. The minimum absolute atomic E-state index is 0.330. The second kappa shape index (κ2) is 5.29. The number of aliphatic hydroxyl groups is 1. The highest BCUT2D eigenvalue weighted by Crippen LogP contribution is 2.17. The molecule has 4 heteroatoms. The molecule has 4 nitrogen and oxygen atoms in total. The van der Waals surface area contributed by atoms with Gasteiger partial charge in [0.05, 0.1) is 5.60 Å². The summed E-state index contributed by atoms with van der Waals surface area (Å²) in [7, 11) is 0. The molecule has 0 aliphatic carbocycles. The summed E-state index contributed by atoms with van der Waals surface area (Å²) in [4.78, 5) is 11.2. The standard InChI is InChI=1S/C13H19NO3/c1-9(13(2,3)17)14-11(12(15)16)10-7-5-4-6-8-10/h4-9,11,14,17H,1-3H3,(H,15,16). The first-order chi connectivity index (χ1) is 7.82. The van der Waals surface area contributed by atoms with E-state index in [0.29, 0.717) is 5.56 Å². The molecule has 2 unspecified atom stereocenters. The number of carboxylic acid groups (broad SMARTS) is 1. The van der Waals surface area contributed by atoms with E-state index in [4.69, 9.17) is 0 Å². The van der Waals surface area contributed by atoms with Gasteiger partial charge in [0.1, 0.15) is 6.04 Å².